The standard InChI is InChI=1S/C19H16ClF3N4O2.CH4/c1-24-12-5-4-6-13(9-12)25-17(28)11-29-18-10-16(19(21,22)23)26-27(18)15-8-3-2-7-14(15)20;/h2-10,24H,11H2,1H3,(H,25,28);1H4. The van der Waals surface area contributed by atoms with Gasteiger partial charge in [-0.3, -0.25) is 4.79 Å². The van der Waals surface area contributed by atoms with Gasteiger partial charge < -0.3 is 15.4 Å². The fourth-order valence-corrected chi connectivity index (χ4v) is 2.71. The number of ether oxygens (including phenoxy) is 1. The predicted octanol–water partition coefficient (Wildman–Crippen LogP) is 5.24. The summed E-state index contributed by atoms with van der Waals surface area (Å²) in [6.07, 6.45) is -4.68. The maximum atomic E-state index is 13.1. The van der Waals surface area contributed by atoms with Crippen molar-refractivity contribution in [1.82, 2.24) is 9.78 Å². The minimum Gasteiger partial charge on any atom is -0.467 e. The number of carbonyl (C=O) groups is 1. The van der Waals surface area contributed by atoms with Crippen molar-refractivity contribution in [3.63, 3.8) is 0 Å². The van der Waals surface area contributed by atoms with Gasteiger partial charge in [0.05, 0.1) is 10.7 Å². The molecule has 0 atom stereocenters. The third-order valence-electron chi connectivity index (χ3n) is 3.83. The summed E-state index contributed by atoms with van der Waals surface area (Å²) < 4.78 is 45.6. The highest BCUT2D eigenvalue weighted by Gasteiger charge is 2.36. The number of carbonyl (C=O) groups excluding carboxylic acids is 1. The van der Waals surface area contributed by atoms with Crippen LogP contribution >= 0.6 is 11.6 Å². The molecule has 0 unspecified atom stereocenters. The van der Waals surface area contributed by atoms with Crippen molar-refractivity contribution in [2.45, 2.75) is 13.6 Å². The van der Waals surface area contributed by atoms with Gasteiger partial charge in [-0.15, -0.1) is 0 Å². The molecule has 1 heterocycles. The fraction of sp³-hybridized carbons (Fsp3) is 0.200. The van der Waals surface area contributed by atoms with Gasteiger partial charge in [0.2, 0.25) is 5.88 Å². The lowest BCUT2D eigenvalue weighted by Crippen LogP contribution is -2.21. The number of nitrogens with one attached hydrogen (secondary N) is 2. The third kappa shape index (κ3) is 5.44. The largest absolute Gasteiger partial charge is 0.467 e. The Morgan fingerprint density at radius 2 is 1.83 bits per heavy atom. The molecule has 0 aliphatic heterocycles. The first-order chi connectivity index (χ1) is 13.8. The minimum absolute atomic E-state index is 0. The Morgan fingerprint density at radius 3 is 2.50 bits per heavy atom. The summed E-state index contributed by atoms with van der Waals surface area (Å²) >= 11 is 6.07. The van der Waals surface area contributed by atoms with Gasteiger partial charge in [0.1, 0.15) is 0 Å². The van der Waals surface area contributed by atoms with Crippen LogP contribution in [0.25, 0.3) is 5.69 Å². The molecule has 0 aliphatic carbocycles. The van der Waals surface area contributed by atoms with E-state index >= 15 is 0 Å². The molecule has 0 radical (unpaired) electrons. The molecule has 0 aliphatic rings. The lowest BCUT2D eigenvalue weighted by Gasteiger charge is -2.11. The van der Waals surface area contributed by atoms with Gasteiger partial charge in [0, 0.05) is 24.5 Å². The van der Waals surface area contributed by atoms with Gasteiger partial charge >= 0.3 is 6.18 Å². The second-order valence-corrected chi connectivity index (χ2v) is 6.30. The number of rotatable bonds is 6. The van der Waals surface area contributed by atoms with Crippen LogP contribution in [0, 0.1) is 0 Å². The molecule has 0 fully saturated rings. The van der Waals surface area contributed by atoms with Gasteiger partial charge in [0.15, 0.2) is 12.3 Å². The highest BCUT2D eigenvalue weighted by molar-refractivity contribution is 6.32. The summed E-state index contributed by atoms with van der Waals surface area (Å²) in [5, 5.41) is 9.27. The summed E-state index contributed by atoms with van der Waals surface area (Å²) in [4.78, 5) is 12.2. The number of anilines is 2. The van der Waals surface area contributed by atoms with Gasteiger partial charge in [-0.2, -0.15) is 23.0 Å². The monoisotopic (exact) mass is 440 g/mol. The Bertz CT molecular complexity index is 1020. The molecule has 6 nitrogen and oxygen atoms in total. The first kappa shape index (κ1) is 23.1. The first-order valence-electron chi connectivity index (χ1n) is 8.40. The maximum Gasteiger partial charge on any atom is 0.435 e. The van der Waals surface area contributed by atoms with E-state index in [4.69, 9.17) is 16.3 Å². The zero-order valence-corrected chi connectivity index (χ0v) is 15.9. The molecule has 0 bridgehead atoms. The summed E-state index contributed by atoms with van der Waals surface area (Å²) in [7, 11) is 1.73. The second-order valence-electron chi connectivity index (χ2n) is 5.90. The number of hydrogen-bond acceptors (Lipinski definition) is 4. The van der Waals surface area contributed by atoms with E-state index < -0.39 is 24.4 Å². The second kappa shape index (κ2) is 9.53. The minimum atomic E-state index is -4.68. The average molecular weight is 441 g/mol. The number of alkyl halides is 3. The van der Waals surface area contributed by atoms with Gasteiger partial charge in [-0.1, -0.05) is 37.2 Å². The summed E-state index contributed by atoms with van der Waals surface area (Å²) in [6.45, 7) is -0.517. The number of halogens is 4. The zero-order valence-electron chi connectivity index (χ0n) is 15.1. The molecular weight excluding hydrogens is 421 g/mol. The van der Waals surface area contributed by atoms with Crippen molar-refractivity contribution in [3.8, 4) is 11.6 Å². The zero-order chi connectivity index (χ0) is 21.0. The van der Waals surface area contributed by atoms with Gasteiger partial charge in [0.25, 0.3) is 5.91 Å². The number of nitrogens with zero attached hydrogens (tertiary/aromatic N) is 2. The third-order valence-corrected chi connectivity index (χ3v) is 4.15. The lowest BCUT2D eigenvalue weighted by molar-refractivity contribution is -0.141. The fourth-order valence-electron chi connectivity index (χ4n) is 2.49. The molecule has 0 saturated carbocycles. The Hall–Kier alpha value is -3.20. The Balaban J connectivity index is 0.00000320. The van der Waals surface area contributed by atoms with E-state index in [1.807, 2.05) is 6.07 Å². The van der Waals surface area contributed by atoms with E-state index in [0.717, 1.165) is 16.4 Å². The van der Waals surface area contributed by atoms with E-state index in [0.29, 0.717) is 5.69 Å². The normalized spacial score (nSPS) is 10.8. The Kier molecular flexibility index (Phi) is 7.33. The molecular formula is C20H20ClF3N4O2. The molecule has 2 aromatic carbocycles. The van der Waals surface area contributed by atoms with Crippen LogP contribution in [-0.4, -0.2) is 29.3 Å². The van der Waals surface area contributed by atoms with Crippen molar-refractivity contribution >= 4 is 28.9 Å². The molecule has 30 heavy (non-hydrogen) atoms. The average Bonchev–Trinajstić information content (AvgIpc) is 3.11. The van der Waals surface area contributed by atoms with Crippen LogP contribution in [0.5, 0.6) is 5.88 Å². The SMILES string of the molecule is C.CNc1cccc(NC(=O)COc2cc(C(F)(F)F)nn2-c2ccccc2Cl)c1. The van der Waals surface area contributed by atoms with E-state index in [-0.39, 0.29) is 24.0 Å². The molecule has 3 rings (SSSR count). The highest BCUT2D eigenvalue weighted by Crippen LogP contribution is 2.33. The van der Waals surface area contributed by atoms with E-state index in [9.17, 15) is 18.0 Å². The first-order valence-corrected chi connectivity index (χ1v) is 8.78. The van der Waals surface area contributed by atoms with Crippen molar-refractivity contribution in [2.75, 3.05) is 24.3 Å². The van der Waals surface area contributed by atoms with Crippen LogP contribution in [-0.2, 0) is 11.0 Å². The number of aromatic nitrogens is 2. The molecule has 2 N–H and O–H groups in total. The number of amides is 1. The topological polar surface area (TPSA) is 68.2 Å². The molecule has 1 amide bonds. The summed E-state index contributed by atoms with van der Waals surface area (Å²) in [5.41, 5.74) is 0.340. The van der Waals surface area contributed by atoms with Crippen LogP contribution in [0.15, 0.2) is 54.6 Å². The predicted molar refractivity (Wildman–Crippen MR) is 110 cm³/mol. The van der Waals surface area contributed by atoms with E-state index in [2.05, 4.69) is 15.7 Å². The molecule has 0 saturated heterocycles. The number of benzene rings is 2. The van der Waals surface area contributed by atoms with Crippen LogP contribution in [0.3, 0.4) is 0 Å². The lowest BCUT2D eigenvalue weighted by atomic mass is 10.3. The quantitative estimate of drug-likeness (QED) is 0.550. The van der Waals surface area contributed by atoms with Crippen LogP contribution in [0.2, 0.25) is 5.02 Å². The number of para-hydroxylation sites is 1. The number of hydrogen-bond donors (Lipinski definition) is 2. The molecule has 10 heteroatoms. The molecule has 3 aromatic rings. The Labute approximate surface area is 176 Å². The van der Waals surface area contributed by atoms with E-state index in [1.165, 1.54) is 12.1 Å². The molecule has 0 spiro atoms. The summed E-state index contributed by atoms with van der Waals surface area (Å²) in [5.74, 6) is -0.803. The van der Waals surface area contributed by atoms with Gasteiger partial charge in [-0.05, 0) is 30.3 Å². The summed E-state index contributed by atoms with van der Waals surface area (Å²) in [6, 6.07) is 13.9. The highest BCUT2D eigenvalue weighted by atomic mass is 35.5. The molecule has 160 valence electrons. The van der Waals surface area contributed by atoms with Crippen molar-refractivity contribution in [2.24, 2.45) is 0 Å². The van der Waals surface area contributed by atoms with Crippen LogP contribution < -0.4 is 15.4 Å². The maximum absolute atomic E-state index is 13.1. The van der Waals surface area contributed by atoms with E-state index in [1.54, 1.807) is 37.4 Å². The van der Waals surface area contributed by atoms with Crippen LogP contribution in [0.1, 0.15) is 13.1 Å². The van der Waals surface area contributed by atoms with Gasteiger partial charge in [-0.25, -0.2) is 0 Å². The Morgan fingerprint density at radius 1 is 1.13 bits per heavy atom. The van der Waals surface area contributed by atoms with Crippen molar-refractivity contribution in [3.05, 3.63) is 65.3 Å². The van der Waals surface area contributed by atoms with Crippen molar-refractivity contribution in [1.29, 1.82) is 0 Å². The van der Waals surface area contributed by atoms with Crippen molar-refractivity contribution < 1.29 is 22.7 Å². The molecule has 1 aromatic heterocycles. The smallest absolute Gasteiger partial charge is 0.435 e. The van der Waals surface area contributed by atoms with Crippen LogP contribution in [0.4, 0.5) is 24.5 Å².